The molecular weight excluding hydrogens is 362 g/mol. The Morgan fingerprint density at radius 1 is 1.17 bits per heavy atom. The molecule has 2 N–H and O–H groups in total. The predicted molar refractivity (Wildman–Crippen MR) is 118 cm³/mol. The first-order valence-corrected chi connectivity index (χ1v) is 10.4. The van der Waals surface area contributed by atoms with Crippen LogP contribution in [0.1, 0.15) is 24.7 Å². The molecule has 0 amide bonds. The third-order valence-corrected chi connectivity index (χ3v) is 5.26. The van der Waals surface area contributed by atoms with Crippen LogP contribution in [0.2, 0.25) is 0 Å². The van der Waals surface area contributed by atoms with Crippen molar-refractivity contribution in [3.05, 3.63) is 60.0 Å². The first kappa shape index (κ1) is 19.2. The number of nitrogens with zero attached hydrogens (tertiary/aromatic N) is 5. The number of aryl methyl sites for hydroxylation is 1. The Balaban J connectivity index is 1.34. The fourth-order valence-electron chi connectivity index (χ4n) is 3.71. The minimum Gasteiger partial charge on any atom is -0.369 e. The molecule has 1 aliphatic rings. The molecule has 0 saturated carbocycles. The van der Waals surface area contributed by atoms with Crippen LogP contribution in [0, 0.1) is 6.92 Å². The maximum Gasteiger partial charge on any atom is 0.191 e. The Bertz CT molecular complexity index is 961. The third kappa shape index (κ3) is 4.67. The zero-order valence-electron chi connectivity index (χ0n) is 17.2. The van der Waals surface area contributed by atoms with Crippen molar-refractivity contribution >= 4 is 17.3 Å². The van der Waals surface area contributed by atoms with Crippen LogP contribution in [-0.4, -0.2) is 52.8 Å². The lowest BCUT2D eigenvalue weighted by molar-refractivity contribution is 0.648. The lowest BCUT2D eigenvalue weighted by Crippen LogP contribution is -2.44. The van der Waals surface area contributed by atoms with Crippen LogP contribution in [0.5, 0.6) is 0 Å². The second kappa shape index (κ2) is 8.94. The van der Waals surface area contributed by atoms with Crippen molar-refractivity contribution in [2.45, 2.75) is 32.7 Å². The summed E-state index contributed by atoms with van der Waals surface area (Å²) in [6.45, 7) is 7.78. The third-order valence-electron chi connectivity index (χ3n) is 5.26. The fraction of sp³-hybridized carbons (Fsp3) is 0.409. The summed E-state index contributed by atoms with van der Waals surface area (Å²) in [5, 5.41) is 15.5. The van der Waals surface area contributed by atoms with Gasteiger partial charge in [0.2, 0.25) is 0 Å². The summed E-state index contributed by atoms with van der Waals surface area (Å²) in [6.07, 6.45) is 3.85. The number of benzene rings is 1. The molecule has 1 saturated heterocycles. The molecule has 2 aromatic heterocycles. The number of hydrogen-bond acceptors (Lipinski definition) is 4. The highest BCUT2D eigenvalue weighted by molar-refractivity contribution is 5.80. The summed E-state index contributed by atoms with van der Waals surface area (Å²) in [4.78, 5) is 7.20. The smallest absolute Gasteiger partial charge is 0.191 e. The van der Waals surface area contributed by atoms with E-state index in [2.05, 4.69) is 63.8 Å². The zero-order chi connectivity index (χ0) is 20.1. The maximum atomic E-state index is 4.76. The second-order valence-corrected chi connectivity index (χ2v) is 7.47. The highest BCUT2D eigenvalue weighted by Crippen LogP contribution is 2.20. The Morgan fingerprint density at radius 3 is 2.86 bits per heavy atom. The predicted octanol–water partition coefficient (Wildman–Crippen LogP) is 2.41. The number of anilines is 1. The van der Waals surface area contributed by atoms with E-state index in [9.17, 15) is 0 Å². The average molecular weight is 392 g/mol. The standard InChI is InChI=1S/C22H29N7/c1-3-23-22(24-13-11-21-27-26-20-6-4-5-14-29(20)21)25-18-12-15-28(16-18)19-9-7-17(2)8-10-19/h4-10,14,18H,3,11-13,15-16H2,1-2H3,(H2,23,24,25). The van der Waals surface area contributed by atoms with Crippen LogP contribution >= 0.6 is 0 Å². The van der Waals surface area contributed by atoms with Gasteiger partial charge in [0.25, 0.3) is 0 Å². The van der Waals surface area contributed by atoms with Crippen molar-refractivity contribution in [2.75, 3.05) is 31.1 Å². The lowest BCUT2D eigenvalue weighted by atomic mass is 10.2. The molecule has 1 atom stereocenters. The van der Waals surface area contributed by atoms with Crippen molar-refractivity contribution in [1.82, 2.24) is 25.2 Å². The average Bonchev–Trinajstić information content (AvgIpc) is 3.36. The van der Waals surface area contributed by atoms with E-state index in [1.54, 1.807) is 0 Å². The number of nitrogens with one attached hydrogen (secondary N) is 2. The summed E-state index contributed by atoms with van der Waals surface area (Å²) in [7, 11) is 0. The highest BCUT2D eigenvalue weighted by atomic mass is 15.3. The SMILES string of the molecule is CCNC(=NCCc1nnc2ccccn12)NC1CCN(c2ccc(C)cc2)C1. The number of aliphatic imine (C=N–C) groups is 1. The molecule has 152 valence electrons. The highest BCUT2D eigenvalue weighted by Gasteiger charge is 2.23. The van der Waals surface area contributed by atoms with Crippen LogP contribution in [0.3, 0.4) is 0 Å². The van der Waals surface area contributed by atoms with Gasteiger partial charge < -0.3 is 15.5 Å². The van der Waals surface area contributed by atoms with Crippen molar-refractivity contribution in [3.63, 3.8) is 0 Å². The molecule has 4 rings (SSSR count). The molecule has 1 unspecified atom stereocenters. The van der Waals surface area contributed by atoms with Gasteiger partial charge in [0.05, 0.1) is 0 Å². The topological polar surface area (TPSA) is 69.8 Å². The van der Waals surface area contributed by atoms with Crippen LogP contribution in [-0.2, 0) is 6.42 Å². The van der Waals surface area contributed by atoms with Gasteiger partial charge in [-0.05, 0) is 44.5 Å². The van der Waals surface area contributed by atoms with Gasteiger partial charge in [-0.1, -0.05) is 23.8 Å². The van der Waals surface area contributed by atoms with E-state index < -0.39 is 0 Å². The van der Waals surface area contributed by atoms with Gasteiger partial charge in [-0.25, -0.2) is 0 Å². The molecule has 0 bridgehead atoms. The van der Waals surface area contributed by atoms with Gasteiger partial charge in [-0.3, -0.25) is 9.39 Å². The van der Waals surface area contributed by atoms with Crippen molar-refractivity contribution in [2.24, 2.45) is 4.99 Å². The zero-order valence-corrected chi connectivity index (χ0v) is 17.2. The fourth-order valence-corrected chi connectivity index (χ4v) is 3.71. The van der Waals surface area contributed by atoms with E-state index >= 15 is 0 Å². The molecule has 1 fully saturated rings. The first-order chi connectivity index (χ1) is 14.2. The molecular formula is C22H29N7. The summed E-state index contributed by atoms with van der Waals surface area (Å²) in [6, 6.07) is 15.1. The number of hydrogen-bond donors (Lipinski definition) is 2. The van der Waals surface area contributed by atoms with Gasteiger partial charge in [-0.2, -0.15) is 0 Å². The van der Waals surface area contributed by atoms with E-state index in [-0.39, 0.29) is 0 Å². The van der Waals surface area contributed by atoms with Crippen LogP contribution in [0.4, 0.5) is 5.69 Å². The molecule has 7 nitrogen and oxygen atoms in total. The van der Waals surface area contributed by atoms with Gasteiger partial charge in [0.1, 0.15) is 5.82 Å². The lowest BCUT2D eigenvalue weighted by Gasteiger charge is -2.20. The molecule has 0 aliphatic carbocycles. The van der Waals surface area contributed by atoms with Gasteiger partial charge in [-0.15, -0.1) is 10.2 Å². The molecule has 0 spiro atoms. The van der Waals surface area contributed by atoms with Gasteiger partial charge in [0.15, 0.2) is 11.6 Å². The van der Waals surface area contributed by atoms with Crippen molar-refractivity contribution in [3.8, 4) is 0 Å². The van der Waals surface area contributed by atoms with E-state index in [0.717, 1.165) is 49.9 Å². The maximum absolute atomic E-state index is 4.76. The number of pyridine rings is 1. The van der Waals surface area contributed by atoms with E-state index in [4.69, 9.17) is 4.99 Å². The largest absolute Gasteiger partial charge is 0.369 e. The molecule has 0 radical (unpaired) electrons. The van der Waals surface area contributed by atoms with Gasteiger partial charge >= 0.3 is 0 Å². The van der Waals surface area contributed by atoms with E-state index in [1.165, 1.54) is 11.3 Å². The number of aromatic nitrogens is 3. The van der Waals surface area contributed by atoms with Crippen molar-refractivity contribution in [1.29, 1.82) is 0 Å². The van der Waals surface area contributed by atoms with E-state index in [0.29, 0.717) is 12.6 Å². The van der Waals surface area contributed by atoms with Crippen molar-refractivity contribution < 1.29 is 0 Å². The van der Waals surface area contributed by atoms with Gasteiger partial charge in [0, 0.05) is 50.5 Å². The minimum atomic E-state index is 0.392. The number of fused-ring (bicyclic) bond motifs is 1. The molecule has 3 aromatic rings. The minimum absolute atomic E-state index is 0.392. The Kier molecular flexibility index (Phi) is 5.93. The molecule has 1 aromatic carbocycles. The van der Waals surface area contributed by atoms with E-state index in [1.807, 2.05) is 28.8 Å². The molecule has 1 aliphatic heterocycles. The molecule has 3 heterocycles. The Labute approximate surface area is 171 Å². The quantitative estimate of drug-likeness (QED) is 0.499. The van der Waals surface area contributed by atoms with Crippen LogP contribution in [0.15, 0.2) is 53.7 Å². The monoisotopic (exact) mass is 391 g/mol. The first-order valence-electron chi connectivity index (χ1n) is 10.4. The second-order valence-electron chi connectivity index (χ2n) is 7.47. The molecule has 29 heavy (non-hydrogen) atoms. The summed E-state index contributed by atoms with van der Waals surface area (Å²) >= 11 is 0. The Hall–Kier alpha value is -3.09. The molecule has 7 heteroatoms. The normalized spacial score (nSPS) is 17.1. The van der Waals surface area contributed by atoms with Crippen LogP contribution < -0.4 is 15.5 Å². The summed E-state index contributed by atoms with van der Waals surface area (Å²) < 4.78 is 2.02. The summed E-state index contributed by atoms with van der Waals surface area (Å²) in [5.41, 5.74) is 3.46. The number of guanidine groups is 1. The Morgan fingerprint density at radius 2 is 2.03 bits per heavy atom. The summed E-state index contributed by atoms with van der Waals surface area (Å²) in [5.74, 6) is 1.81. The van der Waals surface area contributed by atoms with Crippen LogP contribution in [0.25, 0.3) is 5.65 Å². The number of rotatable bonds is 6.